The second-order valence-electron chi connectivity index (χ2n) is 8.00. The minimum Gasteiger partial charge on any atom is -0.493 e. The summed E-state index contributed by atoms with van der Waals surface area (Å²) in [6, 6.07) is 17.1. The van der Waals surface area contributed by atoms with E-state index in [2.05, 4.69) is 5.32 Å². The van der Waals surface area contributed by atoms with E-state index in [0.29, 0.717) is 17.2 Å². The molecule has 0 radical (unpaired) electrons. The fraction of sp³-hybridized carbons (Fsp3) is 0.231. The van der Waals surface area contributed by atoms with Gasteiger partial charge in [0.25, 0.3) is 0 Å². The van der Waals surface area contributed by atoms with Crippen LogP contribution in [0.5, 0.6) is 11.5 Å². The first-order chi connectivity index (χ1) is 17.2. The third kappa shape index (κ3) is 5.59. The number of halogens is 3. The fourth-order valence-corrected chi connectivity index (χ4v) is 5.18. The summed E-state index contributed by atoms with van der Waals surface area (Å²) >= 11 is 1.49. The van der Waals surface area contributed by atoms with Gasteiger partial charge >= 0.3 is 6.18 Å². The molecule has 1 atom stereocenters. The summed E-state index contributed by atoms with van der Waals surface area (Å²) in [5, 5.41) is 2.22. The van der Waals surface area contributed by atoms with Crippen LogP contribution in [0, 0.1) is 0 Å². The Labute approximate surface area is 210 Å². The molecule has 0 spiro atoms. The molecule has 1 aliphatic rings. The van der Waals surface area contributed by atoms with E-state index in [1.165, 1.54) is 35.9 Å². The average molecular weight is 517 g/mol. The molecule has 3 aromatic rings. The number of anilines is 2. The van der Waals surface area contributed by atoms with E-state index >= 15 is 0 Å². The van der Waals surface area contributed by atoms with Gasteiger partial charge in [0.05, 0.1) is 25.5 Å². The Morgan fingerprint density at radius 2 is 1.78 bits per heavy atom. The number of alkyl halides is 3. The lowest BCUT2D eigenvalue weighted by Gasteiger charge is -2.22. The maximum atomic E-state index is 13.3. The molecule has 0 unspecified atom stereocenters. The zero-order valence-electron chi connectivity index (χ0n) is 19.5. The molecule has 1 N–H and O–H groups in total. The van der Waals surface area contributed by atoms with Crippen molar-refractivity contribution in [2.24, 2.45) is 0 Å². The van der Waals surface area contributed by atoms with Crippen LogP contribution in [0.1, 0.15) is 22.8 Å². The van der Waals surface area contributed by atoms with Gasteiger partial charge in [-0.25, -0.2) is 0 Å². The predicted molar refractivity (Wildman–Crippen MR) is 132 cm³/mol. The Balaban J connectivity index is 1.57. The highest BCUT2D eigenvalue weighted by Gasteiger charge is 2.32. The fourth-order valence-electron chi connectivity index (χ4n) is 3.91. The van der Waals surface area contributed by atoms with Crippen LogP contribution in [0.25, 0.3) is 0 Å². The Bertz CT molecular complexity index is 1280. The van der Waals surface area contributed by atoms with Crippen molar-refractivity contribution in [1.29, 1.82) is 0 Å². The maximum Gasteiger partial charge on any atom is 0.416 e. The summed E-state index contributed by atoms with van der Waals surface area (Å²) in [7, 11) is 3.08. The highest BCUT2D eigenvalue weighted by Crippen LogP contribution is 2.46. The monoisotopic (exact) mass is 516 g/mol. The maximum absolute atomic E-state index is 13.3. The number of nitrogens with zero attached hydrogens (tertiary/aromatic N) is 1. The van der Waals surface area contributed by atoms with Crippen molar-refractivity contribution in [1.82, 2.24) is 0 Å². The van der Waals surface area contributed by atoms with Crippen LogP contribution in [0.3, 0.4) is 0 Å². The molecule has 0 saturated carbocycles. The minimum atomic E-state index is -4.53. The van der Waals surface area contributed by atoms with Crippen molar-refractivity contribution in [2.75, 3.05) is 31.0 Å². The topological polar surface area (TPSA) is 67.9 Å². The number of methoxy groups -OCH3 is 2. The van der Waals surface area contributed by atoms with E-state index in [-0.39, 0.29) is 29.8 Å². The van der Waals surface area contributed by atoms with Gasteiger partial charge in [-0.3, -0.25) is 9.59 Å². The van der Waals surface area contributed by atoms with E-state index < -0.39 is 17.6 Å². The largest absolute Gasteiger partial charge is 0.493 e. The van der Waals surface area contributed by atoms with E-state index in [0.717, 1.165) is 22.6 Å². The minimum absolute atomic E-state index is 0.00274. The van der Waals surface area contributed by atoms with Gasteiger partial charge in [0, 0.05) is 22.3 Å². The third-order valence-electron chi connectivity index (χ3n) is 5.64. The second kappa shape index (κ2) is 10.5. The molecule has 3 aromatic carbocycles. The number of nitrogens with one attached hydrogen (secondary N) is 1. The molecule has 4 rings (SSSR count). The smallest absolute Gasteiger partial charge is 0.416 e. The van der Waals surface area contributed by atoms with Crippen LogP contribution in [0.2, 0.25) is 0 Å². The van der Waals surface area contributed by atoms with E-state index in [1.54, 1.807) is 25.3 Å². The second-order valence-corrected chi connectivity index (χ2v) is 9.24. The standard InChI is InChI=1S/C26H23F3N2O4S/c1-34-20-11-10-16(12-21(20)35-2)23-14-25(33)31(19-8-3-4-9-22(19)36-23)15-24(32)30-18-7-5-6-17(13-18)26(27,28)29/h3-13,23H,14-15H2,1-2H3,(H,30,32)/t23-/m0/s1. The van der Waals surface area contributed by atoms with Crippen molar-refractivity contribution >= 4 is 35.0 Å². The first-order valence-electron chi connectivity index (χ1n) is 10.9. The van der Waals surface area contributed by atoms with Crippen molar-refractivity contribution in [3.05, 3.63) is 77.9 Å². The molecule has 1 aliphatic heterocycles. The van der Waals surface area contributed by atoms with Crippen molar-refractivity contribution < 1.29 is 32.2 Å². The molecule has 0 bridgehead atoms. The summed E-state index contributed by atoms with van der Waals surface area (Å²) in [5.74, 6) is 0.218. The van der Waals surface area contributed by atoms with Gasteiger partial charge in [0.2, 0.25) is 11.8 Å². The van der Waals surface area contributed by atoms with Crippen molar-refractivity contribution in [3.8, 4) is 11.5 Å². The first-order valence-corrected chi connectivity index (χ1v) is 11.8. The lowest BCUT2D eigenvalue weighted by molar-refractivity contribution is -0.137. The van der Waals surface area contributed by atoms with Crippen LogP contribution in [0.4, 0.5) is 24.5 Å². The lowest BCUT2D eigenvalue weighted by Crippen LogP contribution is -2.38. The Morgan fingerprint density at radius 3 is 2.50 bits per heavy atom. The summed E-state index contributed by atoms with van der Waals surface area (Å²) in [6.07, 6.45) is -4.43. The normalized spacial score (nSPS) is 15.6. The highest BCUT2D eigenvalue weighted by atomic mass is 32.2. The van der Waals surface area contributed by atoms with Gasteiger partial charge in [-0.15, -0.1) is 11.8 Å². The summed E-state index contributed by atoms with van der Waals surface area (Å²) in [5.41, 5.74) is 0.555. The number of hydrogen-bond donors (Lipinski definition) is 1. The highest BCUT2D eigenvalue weighted by molar-refractivity contribution is 7.99. The SMILES string of the molecule is COc1ccc([C@@H]2CC(=O)N(CC(=O)Nc3cccc(C(F)(F)F)c3)c3ccccc3S2)cc1OC. The number of benzene rings is 3. The number of hydrogen-bond acceptors (Lipinski definition) is 5. The van der Waals surface area contributed by atoms with Gasteiger partial charge < -0.3 is 19.7 Å². The number of fused-ring (bicyclic) bond motifs is 1. The predicted octanol–water partition coefficient (Wildman–Crippen LogP) is 5.93. The van der Waals surface area contributed by atoms with Gasteiger partial charge in [0.1, 0.15) is 6.54 Å². The molecule has 6 nitrogen and oxygen atoms in total. The first kappa shape index (κ1) is 25.4. The Kier molecular flexibility index (Phi) is 7.44. The van der Waals surface area contributed by atoms with Gasteiger partial charge in [-0.05, 0) is 48.0 Å². The average Bonchev–Trinajstić information content (AvgIpc) is 2.99. The van der Waals surface area contributed by atoms with Crippen molar-refractivity contribution in [2.45, 2.75) is 22.7 Å². The quantitative estimate of drug-likeness (QED) is 0.440. The molecule has 36 heavy (non-hydrogen) atoms. The molecule has 2 amide bonds. The molecule has 1 heterocycles. The number of amides is 2. The number of ether oxygens (including phenoxy) is 2. The molecule has 10 heteroatoms. The van der Waals surface area contributed by atoms with Crippen LogP contribution >= 0.6 is 11.8 Å². The number of thioether (sulfide) groups is 1. The van der Waals surface area contributed by atoms with Crippen LogP contribution in [-0.4, -0.2) is 32.6 Å². The number of rotatable bonds is 6. The van der Waals surface area contributed by atoms with Crippen molar-refractivity contribution in [3.63, 3.8) is 0 Å². The van der Waals surface area contributed by atoms with Gasteiger partial charge in [-0.2, -0.15) is 13.2 Å². The molecular formula is C26H23F3N2O4S. The van der Waals surface area contributed by atoms with E-state index in [4.69, 9.17) is 9.47 Å². The third-order valence-corrected chi connectivity index (χ3v) is 6.96. The summed E-state index contributed by atoms with van der Waals surface area (Å²) in [6.45, 7) is -0.342. The lowest BCUT2D eigenvalue weighted by atomic mass is 10.1. The molecular weight excluding hydrogens is 493 g/mol. The molecule has 188 valence electrons. The summed E-state index contributed by atoms with van der Waals surface area (Å²) in [4.78, 5) is 28.3. The Morgan fingerprint density at radius 1 is 1.03 bits per heavy atom. The molecule has 0 aliphatic carbocycles. The van der Waals surface area contributed by atoms with E-state index in [1.807, 2.05) is 24.3 Å². The zero-order chi connectivity index (χ0) is 25.9. The number of para-hydroxylation sites is 1. The number of carbonyl (C=O) groups excluding carboxylic acids is 2. The molecule has 0 saturated heterocycles. The van der Waals surface area contributed by atoms with Gasteiger partial charge in [0.15, 0.2) is 11.5 Å². The zero-order valence-corrected chi connectivity index (χ0v) is 20.3. The van der Waals surface area contributed by atoms with Crippen LogP contribution in [-0.2, 0) is 15.8 Å². The molecule has 0 fully saturated rings. The number of carbonyl (C=O) groups is 2. The Hall–Kier alpha value is -3.66. The molecule has 0 aromatic heterocycles. The van der Waals surface area contributed by atoms with Crippen LogP contribution in [0.15, 0.2) is 71.6 Å². The van der Waals surface area contributed by atoms with Crippen LogP contribution < -0.4 is 19.7 Å². The van der Waals surface area contributed by atoms with E-state index in [9.17, 15) is 22.8 Å². The van der Waals surface area contributed by atoms with Gasteiger partial charge in [-0.1, -0.05) is 24.3 Å². The summed E-state index contributed by atoms with van der Waals surface area (Å²) < 4.78 is 49.8.